The number of hydrazine groups is 1. The van der Waals surface area contributed by atoms with Crippen LogP contribution in [0, 0.1) is 11.8 Å². The summed E-state index contributed by atoms with van der Waals surface area (Å²) in [6.45, 7) is 8.29. The van der Waals surface area contributed by atoms with E-state index in [9.17, 15) is 19.2 Å². The van der Waals surface area contributed by atoms with Crippen molar-refractivity contribution in [3.05, 3.63) is 41.5 Å². The molecule has 3 N–H and O–H groups in total. The molecule has 4 amide bonds. The van der Waals surface area contributed by atoms with Crippen molar-refractivity contribution in [2.45, 2.75) is 103 Å². The average molecular weight is 596 g/mol. The standard InChI is InChI=1S/C33H49N5O5/c1-21(2)29-31(40)34-23(4)32(41)38-19-11-15-26(36-38)33(42)37-18-9-8-16-27(37)25-14-10-13-24(20-25)12-6-7-17-28(43-5)22(3)30(39)35-29/h6,10,12-14,20-23,26-29,36H,7-9,11,15-19H2,1-5H3,(H,34,40)(H,35,39)/b12-6+/t22?,23?,26-,27?,28?,29?/m0/s1. The quantitative estimate of drug-likeness (QED) is 0.483. The number of piperidine rings is 1. The number of carbonyl (C=O) groups excluding carboxylic acids is 4. The Hall–Kier alpha value is -3.24. The highest BCUT2D eigenvalue weighted by molar-refractivity contribution is 5.92. The molecule has 3 aliphatic rings. The van der Waals surface area contributed by atoms with Gasteiger partial charge in [-0.05, 0) is 75.0 Å². The summed E-state index contributed by atoms with van der Waals surface area (Å²) in [4.78, 5) is 55.9. The molecule has 0 spiro atoms. The van der Waals surface area contributed by atoms with E-state index in [4.69, 9.17) is 4.74 Å². The fourth-order valence-corrected chi connectivity index (χ4v) is 6.37. The van der Waals surface area contributed by atoms with E-state index < -0.39 is 30.0 Å². The minimum atomic E-state index is -0.841. The lowest BCUT2D eigenvalue weighted by Crippen LogP contribution is -2.62. The molecule has 10 nitrogen and oxygen atoms in total. The van der Waals surface area contributed by atoms with Crippen LogP contribution in [0.2, 0.25) is 0 Å². The number of methoxy groups -OCH3 is 1. The fourth-order valence-electron chi connectivity index (χ4n) is 6.37. The molecule has 5 unspecified atom stereocenters. The van der Waals surface area contributed by atoms with E-state index >= 15 is 0 Å². The number of hydrogen-bond donors (Lipinski definition) is 3. The predicted molar refractivity (Wildman–Crippen MR) is 165 cm³/mol. The molecule has 3 heterocycles. The van der Waals surface area contributed by atoms with Crippen LogP contribution < -0.4 is 16.1 Å². The van der Waals surface area contributed by atoms with Crippen molar-refractivity contribution in [1.82, 2.24) is 26.0 Å². The van der Waals surface area contributed by atoms with E-state index in [1.54, 1.807) is 14.0 Å². The molecule has 10 heteroatoms. The molecule has 2 saturated heterocycles. The van der Waals surface area contributed by atoms with E-state index in [0.29, 0.717) is 38.8 Å². The van der Waals surface area contributed by atoms with Crippen molar-refractivity contribution in [3.8, 4) is 0 Å². The Labute approximate surface area is 255 Å². The monoisotopic (exact) mass is 595 g/mol. The largest absolute Gasteiger partial charge is 0.381 e. The molecule has 43 heavy (non-hydrogen) atoms. The SMILES string of the molecule is COC1CC/C=C/c2cccc(c2)C2CCCCN2C(=O)[C@@H]2CCCN(N2)C(=O)C(C)NC(=O)C(C(C)C)NC(=O)C1C. The molecular weight excluding hydrogens is 546 g/mol. The van der Waals surface area contributed by atoms with E-state index in [2.05, 4.69) is 46.4 Å². The molecule has 2 fully saturated rings. The Bertz CT molecular complexity index is 1190. The smallest absolute Gasteiger partial charge is 0.258 e. The summed E-state index contributed by atoms with van der Waals surface area (Å²) in [6.07, 6.45) is 9.41. The molecule has 1 aromatic carbocycles. The summed E-state index contributed by atoms with van der Waals surface area (Å²) in [7, 11) is 1.60. The maximum Gasteiger partial charge on any atom is 0.258 e. The lowest BCUT2D eigenvalue weighted by atomic mass is 9.92. The van der Waals surface area contributed by atoms with E-state index in [-0.39, 0.29) is 35.8 Å². The van der Waals surface area contributed by atoms with E-state index in [1.165, 1.54) is 5.01 Å². The number of amides is 4. The number of nitrogens with zero attached hydrogens (tertiary/aromatic N) is 2. The minimum absolute atomic E-state index is 0.00397. The topological polar surface area (TPSA) is 120 Å². The van der Waals surface area contributed by atoms with Crippen molar-refractivity contribution in [1.29, 1.82) is 0 Å². The summed E-state index contributed by atoms with van der Waals surface area (Å²) < 4.78 is 5.69. The van der Waals surface area contributed by atoms with Gasteiger partial charge in [0.15, 0.2) is 0 Å². The summed E-state index contributed by atoms with van der Waals surface area (Å²) in [5.74, 6) is -1.67. The summed E-state index contributed by atoms with van der Waals surface area (Å²) in [6, 6.07) is 6.15. The van der Waals surface area contributed by atoms with Crippen molar-refractivity contribution in [2.75, 3.05) is 20.2 Å². The molecule has 0 aromatic heterocycles. The Kier molecular flexibility index (Phi) is 11.4. The molecule has 0 aliphatic carbocycles. The Morgan fingerprint density at radius 2 is 1.70 bits per heavy atom. The lowest BCUT2D eigenvalue weighted by Gasteiger charge is -2.41. The summed E-state index contributed by atoms with van der Waals surface area (Å²) in [5.41, 5.74) is 5.35. The first-order chi connectivity index (χ1) is 20.6. The lowest BCUT2D eigenvalue weighted by molar-refractivity contribution is -0.147. The normalized spacial score (nSPS) is 30.9. The van der Waals surface area contributed by atoms with Gasteiger partial charge in [-0.2, -0.15) is 0 Å². The second-order valence-electron chi connectivity index (χ2n) is 12.5. The third-order valence-electron chi connectivity index (χ3n) is 9.01. The molecule has 4 rings (SSSR count). The second-order valence-corrected chi connectivity index (χ2v) is 12.5. The van der Waals surface area contributed by atoms with Crippen LogP contribution in [-0.4, -0.2) is 78.0 Å². The number of carbonyl (C=O) groups is 4. The first-order valence-electron chi connectivity index (χ1n) is 15.9. The van der Waals surface area contributed by atoms with Crippen molar-refractivity contribution in [3.63, 3.8) is 0 Å². The van der Waals surface area contributed by atoms with Crippen LogP contribution in [0.3, 0.4) is 0 Å². The molecule has 0 radical (unpaired) electrons. The van der Waals surface area contributed by atoms with Gasteiger partial charge in [-0.15, -0.1) is 0 Å². The Morgan fingerprint density at radius 1 is 0.907 bits per heavy atom. The zero-order valence-corrected chi connectivity index (χ0v) is 26.3. The second kappa shape index (κ2) is 15.0. The van der Waals surface area contributed by atoms with Crippen LogP contribution in [0.4, 0.5) is 0 Å². The number of benzene rings is 1. The van der Waals surface area contributed by atoms with Crippen molar-refractivity contribution >= 4 is 29.7 Å². The van der Waals surface area contributed by atoms with Crippen LogP contribution >= 0.6 is 0 Å². The van der Waals surface area contributed by atoms with Gasteiger partial charge in [-0.25, -0.2) is 5.43 Å². The van der Waals surface area contributed by atoms with Gasteiger partial charge in [0.2, 0.25) is 17.7 Å². The highest BCUT2D eigenvalue weighted by atomic mass is 16.5. The van der Waals surface area contributed by atoms with E-state index in [0.717, 1.165) is 30.4 Å². The maximum atomic E-state index is 13.9. The predicted octanol–water partition coefficient (Wildman–Crippen LogP) is 3.34. The third-order valence-corrected chi connectivity index (χ3v) is 9.01. The van der Waals surface area contributed by atoms with Gasteiger partial charge in [-0.1, -0.05) is 51.1 Å². The van der Waals surface area contributed by atoms with Gasteiger partial charge >= 0.3 is 0 Å². The van der Waals surface area contributed by atoms with Gasteiger partial charge in [0.25, 0.3) is 5.91 Å². The number of fused-ring (bicyclic) bond motifs is 6. The molecule has 3 aliphatic heterocycles. The first kappa shape index (κ1) is 32.7. The molecule has 6 atom stereocenters. The van der Waals surface area contributed by atoms with Crippen LogP contribution in [0.25, 0.3) is 6.08 Å². The first-order valence-corrected chi connectivity index (χ1v) is 15.9. The molecule has 0 saturated carbocycles. The molecule has 4 bridgehead atoms. The highest BCUT2D eigenvalue weighted by Crippen LogP contribution is 2.33. The van der Waals surface area contributed by atoms with E-state index in [1.807, 2.05) is 31.7 Å². The van der Waals surface area contributed by atoms with Crippen LogP contribution in [0.5, 0.6) is 0 Å². The Balaban J connectivity index is 1.63. The van der Waals surface area contributed by atoms with Gasteiger partial charge in [0.05, 0.1) is 18.1 Å². The van der Waals surface area contributed by atoms with Gasteiger partial charge in [0, 0.05) is 20.2 Å². The number of allylic oxidation sites excluding steroid dienone is 1. The molecule has 1 aromatic rings. The van der Waals surface area contributed by atoms with Crippen LogP contribution in [-0.2, 0) is 23.9 Å². The number of rotatable bonds is 2. The van der Waals surface area contributed by atoms with Crippen LogP contribution in [0.15, 0.2) is 30.3 Å². The highest BCUT2D eigenvalue weighted by Gasteiger charge is 2.37. The number of nitrogens with one attached hydrogen (secondary N) is 3. The van der Waals surface area contributed by atoms with Gasteiger partial charge in [0.1, 0.15) is 18.1 Å². The number of hydrogen-bond acceptors (Lipinski definition) is 6. The Morgan fingerprint density at radius 3 is 2.44 bits per heavy atom. The maximum absolute atomic E-state index is 13.9. The van der Waals surface area contributed by atoms with Gasteiger partial charge < -0.3 is 20.3 Å². The average Bonchev–Trinajstić information content (AvgIpc) is 3.02. The van der Waals surface area contributed by atoms with Gasteiger partial charge in [-0.3, -0.25) is 24.2 Å². The summed E-state index contributed by atoms with van der Waals surface area (Å²) >= 11 is 0. The molecular formula is C33H49N5O5. The summed E-state index contributed by atoms with van der Waals surface area (Å²) in [5, 5.41) is 7.17. The van der Waals surface area contributed by atoms with Crippen molar-refractivity contribution in [2.24, 2.45) is 11.8 Å². The van der Waals surface area contributed by atoms with Crippen LogP contribution in [0.1, 0.15) is 89.8 Å². The zero-order valence-electron chi connectivity index (χ0n) is 26.3. The minimum Gasteiger partial charge on any atom is -0.381 e. The fraction of sp³-hybridized carbons (Fsp3) is 0.636. The zero-order chi connectivity index (χ0) is 31.1. The third kappa shape index (κ3) is 8.03. The molecule has 236 valence electrons. The van der Waals surface area contributed by atoms with Crippen molar-refractivity contribution < 1.29 is 23.9 Å². The number of ether oxygens (including phenoxy) is 1.